The molecule has 0 spiro atoms. The first-order valence-corrected chi connectivity index (χ1v) is 8.05. The van der Waals surface area contributed by atoms with Crippen LogP contribution in [0.4, 0.5) is 0 Å². The van der Waals surface area contributed by atoms with E-state index in [0.717, 1.165) is 34.9 Å². The SMILES string of the molecule is CN(CC(=O)N1CCCC1)C(=O)c1cc(Br)cc(Br)c1. The summed E-state index contributed by atoms with van der Waals surface area (Å²) in [6.45, 7) is 1.75. The van der Waals surface area contributed by atoms with Crippen LogP contribution in [0, 0.1) is 0 Å². The molecule has 1 heterocycles. The van der Waals surface area contributed by atoms with Gasteiger partial charge >= 0.3 is 0 Å². The Labute approximate surface area is 135 Å². The van der Waals surface area contributed by atoms with Gasteiger partial charge in [0.1, 0.15) is 0 Å². The van der Waals surface area contributed by atoms with Gasteiger partial charge in [-0.3, -0.25) is 9.59 Å². The molecule has 0 radical (unpaired) electrons. The van der Waals surface area contributed by atoms with Crippen molar-refractivity contribution in [3.8, 4) is 0 Å². The van der Waals surface area contributed by atoms with E-state index >= 15 is 0 Å². The molecular formula is C14H16Br2N2O2. The molecule has 0 aromatic heterocycles. The Kier molecular flexibility index (Phi) is 5.21. The smallest absolute Gasteiger partial charge is 0.254 e. The van der Waals surface area contributed by atoms with Crippen LogP contribution in [-0.2, 0) is 4.79 Å². The zero-order chi connectivity index (χ0) is 14.7. The molecule has 0 N–H and O–H groups in total. The number of halogens is 2. The summed E-state index contributed by atoms with van der Waals surface area (Å²) in [5.74, 6) is -0.132. The maximum Gasteiger partial charge on any atom is 0.254 e. The molecule has 1 aromatic carbocycles. The average Bonchev–Trinajstić information content (AvgIpc) is 2.90. The number of carbonyl (C=O) groups excluding carboxylic acids is 2. The first-order chi connectivity index (χ1) is 9.47. The largest absolute Gasteiger partial charge is 0.341 e. The van der Waals surface area contributed by atoms with Gasteiger partial charge in [-0.1, -0.05) is 31.9 Å². The predicted octanol–water partition coefficient (Wildman–Crippen LogP) is 2.91. The first-order valence-electron chi connectivity index (χ1n) is 6.46. The van der Waals surface area contributed by atoms with Crippen molar-refractivity contribution in [2.45, 2.75) is 12.8 Å². The molecule has 0 atom stereocenters. The van der Waals surface area contributed by atoms with Gasteiger partial charge in [0.05, 0.1) is 6.54 Å². The molecule has 1 fully saturated rings. The molecule has 0 saturated carbocycles. The van der Waals surface area contributed by atoms with Gasteiger partial charge in [-0.25, -0.2) is 0 Å². The lowest BCUT2D eigenvalue weighted by Gasteiger charge is -2.21. The van der Waals surface area contributed by atoms with Crippen LogP contribution in [0.1, 0.15) is 23.2 Å². The summed E-state index contributed by atoms with van der Waals surface area (Å²) in [6, 6.07) is 5.38. The molecule has 0 unspecified atom stereocenters. The Bertz CT molecular complexity index is 508. The highest BCUT2D eigenvalue weighted by Gasteiger charge is 2.22. The quantitative estimate of drug-likeness (QED) is 0.778. The summed E-state index contributed by atoms with van der Waals surface area (Å²) in [6.07, 6.45) is 2.12. The fraction of sp³-hybridized carbons (Fsp3) is 0.429. The number of likely N-dealkylation sites (N-methyl/N-ethyl adjacent to an activating group) is 1. The number of likely N-dealkylation sites (tertiary alicyclic amines) is 1. The van der Waals surface area contributed by atoms with Crippen LogP contribution in [-0.4, -0.2) is 48.3 Å². The lowest BCUT2D eigenvalue weighted by Crippen LogP contribution is -2.39. The van der Waals surface area contributed by atoms with Crippen molar-refractivity contribution in [1.82, 2.24) is 9.80 Å². The average molecular weight is 404 g/mol. The van der Waals surface area contributed by atoms with Crippen LogP contribution in [0.15, 0.2) is 27.1 Å². The fourth-order valence-electron chi connectivity index (χ4n) is 2.24. The predicted molar refractivity (Wildman–Crippen MR) is 84.6 cm³/mol. The Balaban J connectivity index is 2.02. The maximum absolute atomic E-state index is 12.3. The van der Waals surface area contributed by atoms with Gasteiger partial charge in [0, 0.05) is 34.6 Å². The van der Waals surface area contributed by atoms with Crippen LogP contribution in [0.3, 0.4) is 0 Å². The highest BCUT2D eigenvalue weighted by molar-refractivity contribution is 9.11. The molecule has 20 heavy (non-hydrogen) atoms. The number of benzene rings is 1. The van der Waals surface area contributed by atoms with Crippen LogP contribution in [0.2, 0.25) is 0 Å². The summed E-state index contributed by atoms with van der Waals surface area (Å²) >= 11 is 6.72. The molecule has 1 aromatic rings. The van der Waals surface area contributed by atoms with Crippen LogP contribution >= 0.6 is 31.9 Å². The van der Waals surface area contributed by atoms with Crippen LogP contribution in [0.5, 0.6) is 0 Å². The van der Waals surface area contributed by atoms with Crippen LogP contribution in [0.25, 0.3) is 0 Å². The van der Waals surface area contributed by atoms with E-state index in [1.54, 1.807) is 19.2 Å². The van der Waals surface area contributed by atoms with E-state index < -0.39 is 0 Å². The third-order valence-electron chi connectivity index (χ3n) is 3.29. The van der Waals surface area contributed by atoms with E-state index in [2.05, 4.69) is 31.9 Å². The molecule has 108 valence electrons. The molecule has 4 nitrogen and oxygen atoms in total. The minimum Gasteiger partial charge on any atom is -0.341 e. The fourth-order valence-corrected chi connectivity index (χ4v) is 3.53. The van der Waals surface area contributed by atoms with Crippen molar-refractivity contribution in [1.29, 1.82) is 0 Å². The molecule has 2 rings (SSSR count). The van der Waals surface area contributed by atoms with E-state index in [-0.39, 0.29) is 18.4 Å². The lowest BCUT2D eigenvalue weighted by atomic mass is 10.2. The lowest BCUT2D eigenvalue weighted by molar-refractivity contribution is -0.130. The van der Waals surface area contributed by atoms with E-state index in [9.17, 15) is 9.59 Å². The summed E-state index contributed by atoms with van der Waals surface area (Å²) in [5, 5.41) is 0. The first kappa shape index (κ1) is 15.5. The number of amides is 2. The standard InChI is InChI=1S/C14H16Br2N2O2/c1-17(9-13(19)18-4-2-3-5-18)14(20)10-6-11(15)8-12(16)7-10/h6-8H,2-5,9H2,1H3. The minimum absolute atomic E-state index is 0.0208. The molecular weight excluding hydrogens is 388 g/mol. The van der Waals surface area contributed by atoms with Crippen molar-refractivity contribution in [2.24, 2.45) is 0 Å². The van der Waals surface area contributed by atoms with Gasteiger partial charge in [-0.05, 0) is 31.0 Å². The Morgan fingerprint density at radius 1 is 1.15 bits per heavy atom. The van der Waals surface area contributed by atoms with Crippen LogP contribution < -0.4 is 0 Å². The number of hydrogen-bond acceptors (Lipinski definition) is 2. The summed E-state index contributed by atoms with van der Waals surface area (Å²) in [4.78, 5) is 27.6. The van der Waals surface area contributed by atoms with Gasteiger partial charge in [0.15, 0.2) is 0 Å². The Hall–Kier alpha value is -0.880. The molecule has 0 aliphatic carbocycles. The second kappa shape index (κ2) is 6.72. The van der Waals surface area contributed by atoms with Crippen molar-refractivity contribution in [3.05, 3.63) is 32.7 Å². The number of nitrogens with zero attached hydrogens (tertiary/aromatic N) is 2. The third-order valence-corrected chi connectivity index (χ3v) is 4.20. The summed E-state index contributed by atoms with van der Waals surface area (Å²) < 4.78 is 1.66. The van der Waals surface area contributed by atoms with Gasteiger partial charge in [-0.15, -0.1) is 0 Å². The third kappa shape index (κ3) is 3.82. The van der Waals surface area contributed by atoms with Crippen molar-refractivity contribution in [3.63, 3.8) is 0 Å². The van der Waals surface area contributed by atoms with Crippen molar-refractivity contribution < 1.29 is 9.59 Å². The molecule has 1 aliphatic rings. The summed E-state index contributed by atoms with van der Waals surface area (Å²) in [7, 11) is 1.66. The Morgan fingerprint density at radius 3 is 2.25 bits per heavy atom. The zero-order valence-electron chi connectivity index (χ0n) is 11.2. The molecule has 1 saturated heterocycles. The van der Waals surface area contributed by atoms with E-state index in [4.69, 9.17) is 0 Å². The Morgan fingerprint density at radius 2 is 1.70 bits per heavy atom. The number of hydrogen-bond donors (Lipinski definition) is 0. The number of rotatable bonds is 3. The van der Waals surface area contributed by atoms with Gasteiger partial charge < -0.3 is 9.80 Å². The molecule has 6 heteroatoms. The van der Waals surface area contributed by atoms with E-state index in [1.165, 1.54) is 4.90 Å². The van der Waals surface area contributed by atoms with Gasteiger partial charge in [0.2, 0.25) is 5.91 Å². The maximum atomic E-state index is 12.3. The van der Waals surface area contributed by atoms with E-state index in [1.807, 2.05) is 11.0 Å². The second-order valence-electron chi connectivity index (χ2n) is 4.91. The van der Waals surface area contributed by atoms with E-state index in [0.29, 0.717) is 5.56 Å². The minimum atomic E-state index is -0.153. The highest BCUT2D eigenvalue weighted by Crippen LogP contribution is 2.21. The van der Waals surface area contributed by atoms with Crippen molar-refractivity contribution >= 4 is 43.7 Å². The molecule has 1 aliphatic heterocycles. The normalized spacial score (nSPS) is 14.4. The zero-order valence-corrected chi connectivity index (χ0v) is 14.4. The number of carbonyl (C=O) groups is 2. The topological polar surface area (TPSA) is 40.6 Å². The highest BCUT2D eigenvalue weighted by atomic mass is 79.9. The van der Waals surface area contributed by atoms with Gasteiger partial charge in [-0.2, -0.15) is 0 Å². The molecule has 0 bridgehead atoms. The van der Waals surface area contributed by atoms with Gasteiger partial charge in [0.25, 0.3) is 5.91 Å². The monoisotopic (exact) mass is 402 g/mol. The summed E-state index contributed by atoms with van der Waals surface area (Å²) in [5.41, 5.74) is 0.558. The molecule has 2 amide bonds. The van der Waals surface area contributed by atoms with Crippen molar-refractivity contribution in [2.75, 3.05) is 26.7 Å². The second-order valence-corrected chi connectivity index (χ2v) is 6.74.